The van der Waals surface area contributed by atoms with Crippen LogP contribution in [0.25, 0.3) is 0 Å². The van der Waals surface area contributed by atoms with Crippen molar-refractivity contribution in [3.05, 3.63) is 23.5 Å². The van der Waals surface area contributed by atoms with Gasteiger partial charge in [0.2, 0.25) is 0 Å². The first-order valence-electron chi connectivity index (χ1n) is 5.08. The minimum absolute atomic E-state index is 0.0868. The molecule has 0 fully saturated rings. The molecular formula is C11H18NO2P. The average Bonchev–Trinajstić information content (AvgIpc) is 2.60. The second-order valence-corrected chi connectivity index (χ2v) is 4.73. The lowest BCUT2D eigenvalue weighted by Crippen LogP contribution is -2.33. The molecule has 2 N–H and O–H groups in total. The number of hydrogen-bond donors (Lipinski definition) is 1. The van der Waals surface area contributed by atoms with Gasteiger partial charge < -0.3 is 10.5 Å². The van der Waals surface area contributed by atoms with Crippen molar-refractivity contribution < 1.29 is 9.53 Å². The highest BCUT2D eigenvalue weighted by atomic mass is 31.0. The maximum atomic E-state index is 11.6. The van der Waals surface area contributed by atoms with Crippen LogP contribution in [-0.4, -0.2) is 18.6 Å². The molecule has 0 saturated heterocycles. The Morgan fingerprint density at radius 1 is 1.67 bits per heavy atom. The van der Waals surface area contributed by atoms with Crippen LogP contribution in [0.1, 0.15) is 13.8 Å². The lowest BCUT2D eigenvalue weighted by Gasteiger charge is -2.17. The van der Waals surface area contributed by atoms with Crippen molar-refractivity contribution in [2.75, 3.05) is 6.61 Å². The molecule has 0 spiro atoms. The number of rotatable bonds is 4. The fourth-order valence-electron chi connectivity index (χ4n) is 1.17. The van der Waals surface area contributed by atoms with E-state index in [0.29, 0.717) is 12.5 Å². The lowest BCUT2D eigenvalue weighted by molar-refractivity contribution is -0.146. The van der Waals surface area contributed by atoms with Crippen LogP contribution in [-0.2, 0) is 9.53 Å². The summed E-state index contributed by atoms with van der Waals surface area (Å²) in [5, 5.41) is 0.943. The summed E-state index contributed by atoms with van der Waals surface area (Å²) in [5.41, 5.74) is 5.78. The number of hydrogen-bond acceptors (Lipinski definition) is 3. The molecule has 0 saturated carbocycles. The smallest absolute Gasteiger partial charge is 0.317 e. The van der Waals surface area contributed by atoms with Gasteiger partial charge in [0, 0.05) is 6.04 Å². The fraction of sp³-hybridized carbons (Fsp3) is 0.545. The Labute approximate surface area is 92.9 Å². The standard InChI is InChI=1S/C11H18NO2P/c1-7(2)9(12)6-14-11(13)8-4-3-5-10(8)15/h3-5,7-9H,6,12,15H2,1-2H3/t8-,9-/m1/s1. The molecule has 0 aliphatic heterocycles. The highest BCUT2D eigenvalue weighted by Gasteiger charge is 2.22. The quantitative estimate of drug-likeness (QED) is 0.584. The summed E-state index contributed by atoms with van der Waals surface area (Å²) in [6.45, 7) is 4.31. The second-order valence-electron chi connectivity index (χ2n) is 4.07. The summed E-state index contributed by atoms with van der Waals surface area (Å²) in [4.78, 5) is 11.6. The maximum Gasteiger partial charge on any atom is 0.317 e. The number of nitrogens with two attached hydrogens (primary N) is 1. The Morgan fingerprint density at radius 2 is 2.33 bits per heavy atom. The molecule has 0 aromatic rings. The molecule has 3 atom stereocenters. The zero-order valence-corrected chi connectivity index (χ0v) is 10.3. The number of carbonyl (C=O) groups is 1. The van der Waals surface area contributed by atoms with Crippen LogP contribution < -0.4 is 5.73 Å². The predicted molar refractivity (Wildman–Crippen MR) is 64.2 cm³/mol. The van der Waals surface area contributed by atoms with E-state index in [2.05, 4.69) is 9.24 Å². The van der Waals surface area contributed by atoms with Crippen molar-refractivity contribution in [3.63, 3.8) is 0 Å². The molecule has 0 heterocycles. The van der Waals surface area contributed by atoms with Gasteiger partial charge in [0.1, 0.15) is 12.5 Å². The van der Waals surface area contributed by atoms with E-state index >= 15 is 0 Å². The molecule has 1 unspecified atom stereocenters. The SMILES string of the molecule is CC(C)[C@H](N)COC(=O)[C@@H]1C=CC=C1P. The van der Waals surface area contributed by atoms with Crippen LogP contribution >= 0.6 is 9.24 Å². The monoisotopic (exact) mass is 227 g/mol. The van der Waals surface area contributed by atoms with Crippen molar-refractivity contribution in [3.8, 4) is 0 Å². The molecule has 0 aromatic heterocycles. The van der Waals surface area contributed by atoms with Crippen molar-refractivity contribution >= 4 is 15.2 Å². The minimum Gasteiger partial charge on any atom is -0.463 e. The molecule has 4 heteroatoms. The summed E-state index contributed by atoms with van der Waals surface area (Å²) in [7, 11) is 2.54. The molecule has 0 amide bonds. The molecule has 15 heavy (non-hydrogen) atoms. The van der Waals surface area contributed by atoms with Crippen molar-refractivity contribution in [2.45, 2.75) is 19.9 Å². The average molecular weight is 227 g/mol. The molecule has 1 rings (SSSR count). The molecule has 1 aliphatic carbocycles. The number of carbonyl (C=O) groups excluding carboxylic acids is 1. The fourth-order valence-corrected chi connectivity index (χ4v) is 1.53. The molecular weight excluding hydrogens is 209 g/mol. The van der Waals surface area contributed by atoms with Gasteiger partial charge in [-0.1, -0.05) is 32.1 Å². The van der Waals surface area contributed by atoms with Crippen LogP contribution in [0.3, 0.4) is 0 Å². The highest BCUT2D eigenvalue weighted by Crippen LogP contribution is 2.25. The predicted octanol–water partition coefficient (Wildman–Crippen LogP) is 1.46. The second kappa shape index (κ2) is 5.43. The van der Waals surface area contributed by atoms with Gasteiger partial charge in [0.05, 0.1) is 0 Å². The molecule has 0 bridgehead atoms. The van der Waals surface area contributed by atoms with E-state index < -0.39 is 0 Å². The van der Waals surface area contributed by atoms with Crippen LogP contribution in [0.2, 0.25) is 0 Å². The zero-order chi connectivity index (χ0) is 11.4. The summed E-state index contributed by atoms with van der Waals surface area (Å²) in [5.74, 6) is -0.140. The Hall–Kier alpha value is -0.660. The van der Waals surface area contributed by atoms with Gasteiger partial charge in [-0.05, 0) is 11.2 Å². The highest BCUT2D eigenvalue weighted by molar-refractivity contribution is 7.22. The Bertz CT molecular complexity index is 297. The summed E-state index contributed by atoms with van der Waals surface area (Å²) < 4.78 is 5.15. The summed E-state index contributed by atoms with van der Waals surface area (Å²) in [6, 6.07) is -0.0868. The number of allylic oxidation sites excluding steroid dienone is 2. The van der Waals surface area contributed by atoms with Crippen LogP contribution in [0.4, 0.5) is 0 Å². The molecule has 0 aromatic carbocycles. The molecule has 0 radical (unpaired) electrons. The summed E-state index contributed by atoms with van der Waals surface area (Å²) in [6.07, 6.45) is 5.57. The third-order valence-electron chi connectivity index (χ3n) is 2.48. The van der Waals surface area contributed by atoms with E-state index in [4.69, 9.17) is 10.5 Å². The lowest BCUT2D eigenvalue weighted by atomic mass is 10.1. The van der Waals surface area contributed by atoms with Crippen molar-refractivity contribution in [1.29, 1.82) is 0 Å². The third-order valence-corrected chi connectivity index (χ3v) is 3.03. The molecule has 1 aliphatic rings. The molecule has 84 valence electrons. The third kappa shape index (κ3) is 3.44. The van der Waals surface area contributed by atoms with E-state index in [1.165, 1.54) is 0 Å². The first kappa shape index (κ1) is 12.4. The van der Waals surface area contributed by atoms with Crippen LogP contribution in [0, 0.1) is 11.8 Å². The first-order valence-corrected chi connectivity index (χ1v) is 5.66. The van der Waals surface area contributed by atoms with E-state index in [9.17, 15) is 4.79 Å². The topological polar surface area (TPSA) is 52.3 Å². The van der Waals surface area contributed by atoms with Crippen LogP contribution in [0.5, 0.6) is 0 Å². The summed E-state index contributed by atoms with van der Waals surface area (Å²) >= 11 is 0. The zero-order valence-electron chi connectivity index (χ0n) is 9.14. The Balaban J connectivity index is 2.37. The molecule has 3 nitrogen and oxygen atoms in total. The van der Waals surface area contributed by atoms with Gasteiger partial charge in [0.15, 0.2) is 0 Å². The van der Waals surface area contributed by atoms with Gasteiger partial charge in [-0.3, -0.25) is 4.79 Å². The van der Waals surface area contributed by atoms with Gasteiger partial charge in [-0.2, -0.15) is 0 Å². The maximum absolute atomic E-state index is 11.6. The van der Waals surface area contributed by atoms with Gasteiger partial charge in [0.25, 0.3) is 0 Å². The van der Waals surface area contributed by atoms with Gasteiger partial charge >= 0.3 is 5.97 Å². The van der Waals surface area contributed by atoms with E-state index in [0.717, 1.165) is 5.31 Å². The Kier molecular flexibility index (Phi) is 4.49. The normalized spacial score (nSPS) is 21.7. The van der Waals surface area contributed by atoms with Gasteiger partial charge in [-0.25, -0.2) is 0 Å². The van der Waals surface area contributed by atoms with Gasteiger partial charge in [-0.15, -0.1) is 9.24 Å². The van der Waals surface area contributed by atoms with E-state index in [1.807, 2.05) is 32.1 Å². The first-order chi connectivity index (χ1) is 7.02. The number of esters is 1. The number of ether oxygens (including phenoxy) is 1. The van der Waals surface area contributed by atoms with Crippen LogP contribution in [0.15, 0.2) is 23.5 Å². The Morgan fingerprint density at radius 3 is 2.80 bits per heavy atom. The van der Waals surface area contributed by atoms with E-state index in [1.54, 1.807) is 0 Å². The largest absolute Gasteiger partial charge is 0.463 e. The van der Waals surface area contributed by atoms with E-state index in [-0.39, 0.29) is 17.9 Å². The van der Waals surface area contributed by atoms with Crippen molar-refractivity contribution in [1.82, 2.24) is 0 Å². The minimum atomic E-state index is -0.241. The van der Waals surface area contributed by atoms with Crippen molar-refractivity contribution in [2.24, 2.45) is 17.6 Å².